The summed E-state index contributed by atoms with van der Waals surface area (Å²) in [4.78, 5) is 38.2. The van der Waals surface area contributed by atoms with Crippen LogP contribution in [0.1, 0.15) is 265 Å². The molecule has 1 unspecified atom stereocenters. The van der Waals surface area contributed by atoms with E-state index < -0.39 is 6.10 Å². The molecule has 0 aromatic carbocycles. The second-order valence-electron chi connectivity index (χ2n) is 19.0. The summed E-state index contributed by atoms with van der Waals surface area (Å²) in [6.07, 6.45) is 75.2. The van der Waals surface area contributed by atoms with Gasteiger partial charge in [0.2, 0.25) is 0 Å². The monoisotopic (exact) mass is 959 g/mol. The maximum absolute atomic E-state index is 12.9. The van der Waals surface area contributed by atoms with Gasteiger partial charge in [0, 0.05) is 19.3 Å². The lowest BCUT2D eigenvalue weighted by Crippen LogP contribution is -2.30. The molecule has 0 radical (unpaired) electrons. The van der Waals surface area contributed by atoms with E-state index in [1.165, 1.54) is 116 Å². The van der Waals surface area contributed by atoms with Gasteiger partial charge in [-0.05, 0) is 64.2 Å². The summed E-state index contributed by atoms with van der Waals surface area (Å²) in [5.74, 6) is -0.934. The zero-order valence-electron chi connectivity index (χ0n) is 45.0. The average Bonchev–Trinajstić information content (AvgIpc) is 3.35. The topological polar surface area (TPSA) is 78.9 Å². The molecule has 0 saturated heterocycles. The minimum Gasteiger partial charge on any atom is -0.462 e. The molecule has 0 bridgehead atoms. The first-order valence-corrected chi connectivity index (χ1v) is 28.8. The molecule has 6 nitrogen and oxygen atoms in total. The van der Waals surface area contributed by atoms with Crippen LogP contribution in [-0.2, 0) is 28.6 Å². The van der Waals surface area contributed by atoms with Gasteiger partial charge in [0.1, 0.15) is 13.2 Å². The van der Waals surface area contributed by atoms with Gasteiger partial charge in [-0.15, -0.1) is 0 Å². The second kappa shape index (κ2) is 56.9. The highest BCUT2D eigenvalue weighted by Gasteiger charge is 2.19. The molecule has 0 amide bonds. The Hall–Kier alpha value is -3.67. The summed E-state index contributed by atoms with van der Waals surface area (Å²) >= 11 is 0. The number of rotatable bonds is 51. The van der Waals surface area contributed by atoms with Crippen LogP contribution in [0.3, 0.4) is 0 Å². The number of ether oxygens (including phenoxy) is 3. The van der Waals surface area contributed by atoms with Crippen molar-refractivity contribution >= 4 is 17.9 Å². The fourth-order valence-corrected chi connectivity index (χ4v) is 7.89. The SMILES string of the molecule is CCC\C=C/C=C\C=C/C=C\C=C/CCCCCCCC(=O)OCC(COC(=O)CCCCCCCCCCCCCCCCC)OC(=O)CCCCCCC\C=C/C=C\C=C/CCCCCCC. The zero-order valence-corrected chi connectivity index (χ0v) is 45.0. The van der Waals surface area contributed by atoms with Crippen molar-refractivity contribution in [2.45, 2.75) is 271 Å². The van der Waals surface area contributed by atoms with E-state index in [4.69, 9.17) is 14.2 Å². The number of allylic oxidation sites excluding steroid dienone is 16. The molecule has 1 atom stereocenters. The Labute approximate surface area is 426 Å². The van der Waals surface area contributed by atoms with E-state index in [2.05, 4.69) is 93.7 Å². The lowest BCUT2D eigenvalue weighted by Gasteiger charge is -2.18. The van der Waals surface area contributed by atoms with Gasteiger partial charge in [0.15, 0.2) is 6.10 Å². The fraction of sp³-hybridized carbons (Fsp3) is 0.698. The van der Waals surface area contributed by atoms with Crippen LogP contribution in [0.5, 0.6) is 0 Å². The Kier molecular flexibility index (Phi) is 53.9. The van der Waals surface area contributed by atoms with Gasteiger partial charge in [-0.1, -0.05) is 279 Å². The Morgan fingerprint density at radius 1 is 0.290 bits per heavy atom. The molecular formula is C63H106O6. The molecule has 0 rings (SSSR count). The molecule has 0 saturated carbocycles. The van der Waals surface area contributed by atoms with Crippen molar-refractivity contribution in [1.29, 1.82) is 0 Å². The van der Waals surface area contributed by atoms with Gasteiger partial charge in [0.25, 0.3) is 0 Å². The molecule has 0 aliphatic carbocycles. The normalized spacial score (nSPS) is 12.8. The van der Waals surface area contributed by atoms with Crippen molar-refractivity contribution in [3.05, 3.63) is 97.2 Å². The molecule has 0 spiro atoms. The molecule has 0 N–H and O–H groups in total. The van der Waals surface area contributed by atoms with Gasteiger partial charge in [-0.2, -0.15) is 0 Å². The molecule has 0 fully saturated rings. The highest BCUT2D eigenvalue weighted by atomic mass is 16.6. The third-order valence-electron chi connectivity index (χ3n) is 12.2. The van der Waals surface area contributed by atoms with Gasteiger partial charge in [-0.25, -0.2) is 0 Å². The van der Waals surface area contributed by atoms with Crippen molar-refractivity contribution in [3.8, 4) is 0 Å². The maximum atomic E-state index is 12.9. The third-order valence-corrected chi connectivity index (χ3v) is 12.2. The van der Waals surface area contributed by atoms with Crippen LogP contribution in [0.25, 0.3) is 0 Å². The second-order valence-corrected chi connectivity index (χ2v) is 19.0. The molecule has 0 heterocycles. The minimum atomic E-state index is -0.799. The molecule has 394 valence electrons. The largest absolute Gasteiger partial charge is 0.462 e. The number of carbonyl (C=O) groups excluding carboxylic acids is 3. The molecule has 0 aromatic heterocycles. The van der Waals surface area contributed by atoms with E-state index in [9.17, 15) is 14.4 Å². The molecule has 69 heavy (non-hydrogen) atoms. The summed E-state index contributed by atoms with van der Waals surface area (Å²) in [7, 11) is 0. The van der Waals surface area contributed by atoms with Crippen LogP contribution < -0.4 is 0 Å². The van der Waals surface area contributed by atoms with Crippen molar-refractivity contribution in [2.24, 2.45) is 0 Å². The van der Waals surface area contributed by atoms with Crippen molar-refractivity contribution in [2.75, 3.05) is 13.2 Å². The molecular weight excluding hydrogens is 853 g/mol. The zero-order chi connectivity index (χ0) is 50.0. The van der Waals surface area contributed by atoms with E-state index >= 15 is 0 Å². The number of carbonyl (C=O) groups is 3. The quantitative estimate of drug-likeness (QED) is 0.0262. The lowest BCUT2D eigenvalue weighted by molar-refractivity contribution is -0.167. The summed E-state index contributed by atoms with van der Waals surface area (Å²) in [6.45, 7) is 6.51. The predicted octanol–water partition coefficient (Wildman–Crippen LogP) is 19.3. The smallest absolute Gasteiger partial charge is 0.306 e. The van der Waals surface area contributed by atoms with Crippen LogP contribution in [-0.4, -0.2) is 37.2 Å². The standard InChI is InChI=1S/C63H106O6/c1-4-7-10-13-16-19-22-25-28-30-32-35-38-41-44-47-50-53-56-62(65)68-59-60(58-67-61(64)55-52-49-46-43-40-37-34-27-24-21-18-15-12-9-6-3)69-63(66)57-54-51-48-45-42-39-36-33-31-29-26-23-20-17-14-11-8-5-2/h10,13,16,19,22-23,25-26,28-33,35-36,60H,4-9,11-12,14-15,17-18,20-21,24,27,34,37-59H2,1-3H3/b13-10-,19-16-,25-22-,26-23-,30-28-,31-29-,35-32-,36-33-. The van der Waals surface area contributed by atoms with Crippen LogP contribution in [0.15, 0.2) is 97.2 Å². The number of hydrogen-bond donors (Lipinski definition) is 0. The van der Waals surface area contributed by atoms with Gasteiger partial charge in [-0.3, -0.25) is 14.4 Å². The summed E-state index contributed by atoms with van der Waals surface area (Å²) in [5, 5.41) is 0. The van der Waals surface area contributed by atoms with Crippen LogP contribution in [0, 0.1) is 0 Å². The Morgan fingerprint density at radius 3 is 0.870 bits per heavy atom. The minimum absolute atomic E-state index is 0.0933. The van der Waals surface area contributed by atoms with Crippen LogP contribution in [0.2, 0.25) is 0 Å². The van der Waals surface area contributed by atoms with Crippen molar-refractivity contribution < 1.29 is 28.6 Å². The van der Waals surface area contributed by atoms with Crippen molar-refractivity contribution in [3.63, 3.8) is 0 Å². The fourth-order valence-electron chi connectivity index (χ4n) is 7.89. The van der Waals surface area contributed by atoms with E-state index in [1.54, 1.807) is 0 Å². The van der Waals surface area contributed by atoms with E-state index in [-0.39, 0.29) is 31.1 Å². The third kappa shape index (κ3) is 55.1. The summed E-state index contributed by atoms with van der Waals surface area (Å²) < 4.78 is 16.8. The first-order valence-electron chi connectivity index (χ1n) is 28.8. The summed E-state index contributed by atoms with van der Waals surface area (Å²) in [6, 6.07) is 0. The first kappa shape index (κ1) is 65.3. The van der Waals surface area contributed by atoms with Crippen LogP contribution in [0.4, 0.5) is 0 Å². The number of esters is 3. The van der Waals surface area contributed by atoms with Gasteiger partial charge < -0.3 is 14.2 Å². The highest BCUT2D eigenvalue weighted by molar-refractivity contribution is 5.71. The molecule has 0 aliphatic heterocycles. The maximum Gasteiger partial charge on any atom is 0.306 e. The predicted molar refractivity (Wildman–Crippen MR) is 297 cm³/mol. The summed E-state index contributed by atoms with van der Waals surface area (Å²) in [5.41, 5.74) is 0. The number of hydrogen-bond acceptors (Lipinski definition) is 6. The Morgan fingerprint density at radius 2 is 0.551 bits per heavy atom. The molecule has 0 aliphatic rings. The van der Waals surface area contributed by atoms with E-state index in [1.807, 2.05) is 24.3 Å². The highest BCUT2D eigenvalue weighted by Crippen LogP contribution is 2.15. The van der Waals surface area contributed by atoms with Crippen molar-refractivity contribution in [1.82, 2.24) is 0 Å². The molecule has 0 aromatic rings. The van der Waals surface area contributed by atoms with E-state index in [0.717, 1.165) is 109 Å². The lowest BCUT2D eigenvalue weighted by atomic mass is 10.0. The average molecular weight is 960 g/mol. The van der Waals surface area contributed by atoms with E-state index in [0.29, 0.717) is 19.3 Å². The van der Waals surface area contributed by atoms with Gasteiger partial charge >= 0.3 is 17.9 Å². The first-order chi connectivity index (χ1) is 34.0. The van der Waals surface area contributed by atoms with Gasteiger partial charge in [0.05, 0.1) is 0 Å². The Bertz CT molecular complexity index is 1380. The Balaban J connectivity index is 4.49. The number of unbranched alkanes of at least 4 members (excludes halogenated alkanes) is 30. The van der Waals surface area contributed by atoms with Crippen LogP contribution >= 0.6 is 0 Å². The molecule has 6 heteroatoms.